The first kappa shape index (κ1) is 14.6. The highest BCUT2D eigenvalue weighted by molar-refractivity contribution is 6.36. The van der Waals surface area contributed by atoms with Crippen LogP contribution in [0, 0.1) is 0 Å². The van der Waals surface area contributed by atoms with Crippen molar-refractivity contribution < 1.29 is 4.79 Å². The number of likely N-dealkylation sites (tertiary alicyclic amines) is 1. The highest BCUT2D eigenvalue weighted by Gasteiger charge is 2.12. The van der Waals surface area contributed by atoms with Crippen LogP contribution in [-0.4, -0.2) is 37.0 Å². The van der Waals surface area contributed by atoms with Crippen molar-refractivity contribution in [3.05, 3.63) is 33.8 Å². The largest absolute Gasteiger partial charge is 0.352 e. The van der Waals surface area contributed by atoms with Crippen molar-refractivity contribution in [2.45, 2.75) is 19.3 Å². The molecular weight excluding hydrogens is 283 g/mol. The number of amides is 1. The highest BCUT2D eigenvalue weighted by Crippen LogP contribution is 2.20. The maximum Gasteiger partial charge on any atom is 0.252 e. The smallest absolute Gasteiger partial charge is 0.252 e. The molecule has 0 aromatic heterocycles. The molecule has 1 aliphatic heterocycles. The van der Waals surface area contributed by atoms with Gasteiger partial charge in [0.25, 0.3) is 5.91 Å². The molecule has 2 rings (SSSR count). The molecule has 1 N–H and O–H groups in total. The topological polar surface area (TPSA) is 32.3 Å². The summed E-state index contributed by atoms with van der Waals surface area (Å²) in [6.07, 6.45) is 3.57. The van der Waals surface area contributed by atoms with Gasteiger partial charge in [-0.15, -0.1) is 0 Å². The van der Waals surface area contributed by atoms with Gasteiger partial charge in [-0.05, 0) is 57.1 Å². The molecule has 1 fully saturated rings. The summed E-state index contributed by atoms with van der Waals surface area (Å²) < 4.78 is 0. The normalized spacial score (nSPS) is 15.7. The van der Waals surface area contributed by atoms with E-state index in [1.165, 1.54) is 25.9 Å². The first-order valence-electron chi connectivity index (χ1n) is 6.62. The van der Waals surface area contributed by atoms with Crippen LogP contribution >= 0.6 is 23.2 Å². The van der Waals surface area contributed by atoms with Gasteiger partial charge in [-0.2, -0.15) is 0 Å². The highest BCUT2D eigenvalue weighted by atomic mass is 35.5. The Morgan fingerprint density at radius 1 is 1.26 bits per heavy atom. The van der Waals surface area contributed by atoms with E-state index in [0.29, 0.717) is 22.2 Å². The second-order valence-corrected chi connectivity index (χ2v) is 5.63. The van der Waals surface area contributed by atoms with Crippen LogP contribution in [0.25, 0.3) is 0 Å². The molecule has 1 amide bonds. The standard InChI is InChI=1S/C14H18Cl2N2O/c15-11-4-5-12(13(16)10-11)14(19)17-6-3-9-18-7-1-2-8-18/h4-5,10H,1-3,6-9H2,(H,17,19). The molecule has 0 bridgehead atoms. The summed E-state index contributed by atoms with van der Waals surface area (Å²) in [5, 5.41) is 3.82. The molecule has 0 spiro atoms. The van der Waals surface area contributed by atoms with E-state index in [-0.39, 0.29) is 5.91 Å². The van der Waals surface area contributed by atoms with Crippen LogP contribution in [0.2, 0.25) is 10.0 Å². The zero-order valence-corrected chi connectivity index (χ0v) is 12.3. The maximum atomic E-state index is 11.9. The van der Waals surface area contributed by atoms with E-state index in [1.807, 2.05) is 0 Å². The number of hydrogen-bond acceptors (Lipinski definition) is 2. The number of carbonyl (C=O) groups excluding carboxylic acids is 1. The Labute approximate surface area is 123 Å². The summed E-state index contributed by atoms with van der Waals surface area (Å²) in [7, 11) is 0. The zero-order valence-electron chi connectivity index (χ0n) is 10.8. The van der Waals surface area contributed by atoms with Crippen molar-refractivity contribution in [1.29, 1.82) is 0 Å². The molecule has 0 saturated carbocycles. The lowest BCUT2D eigenvalue weighted by Gasteiger charge is -2.14. The lowest BCUT2D eigenvalue weighted by atomic mass is 10.2. The predicted molar refractivity (Wildman–Crippen MR) is 79.1 cm³/mol. The van der Waals surface area contributed by atoms with Crippen LogP contribution in [-0.2, 0) is 0 Å². The Kier molecular flexibility index (Phi) is 5.49. The van der Waals surface area contributed by atoms with Gasteiger partial charge < -0.3 is 10.2 Å². The van der Waals surface area contributed by atoms with Crippen LogP contribution < -0.4 is 5.32 Å². The fourth-order valence-corrected chi connectivity index (χ4v) is 2.77. The Hall–Kier alpha value is -0.770. The molecule has 1 aromatic rings. The number of hydrogen-bond donors (Lipinski definition) is 1. The third kappa shape index (κ3) is 4.37. The van der Waals surface area contributed by atoms with Crippen LogP contribution in [0.15, 0.2) is 18.2 Å². The lowest BCUT2D eigenvalue weighted by molar-refractivity contribution is 0.0952. The third-order valence-corrected chi connectivity index (χ3v) is 3.86. The summed E-state index contributed by atoms with van der Waals surface area (Å²) >= 11 is 11.8. The first-order chi connectivity index (χ1) is 9.16. The Bertz CT molecular complexity index is 445. The molecular formula is C14H18Cl2N2O. The van der Waals surface area contributed by atoms with Gasteiger partial charge in [-0.25, -0.2) is 0 Å². The lowest BCUT2D eigenvalue weighted by Crippen LogP contribution is -2.28. The number of carbonyl (C=O) groups is 1. The number of halogens is 2. The molecule has 1 heterocycles. The van der Waals surface area contributed by atoms with Crippen LogP contribution in [0.3, 0.4) is 0 Å². The van der Waals surface area contributed by atoms with Gasteiger partial charge in [-0.1, -0.05) is 23.2 Å². The quantitative estimate of drug-likeness (QED) is 0.847. The molecule has 19 heavy (non-hydrogen) atoms. The molecule has 3 nitrogen and oxygen atoms in total. The maximum absolute atomic E-state index is 11.9. The molecule has 0 radical (unpaired) electrons. The molecule has 1 aliphatic rings. The average Bonchev–Trinajstić information content (AvgIpc) is 2.87. The van der Waals surface area contributed by atoms with Gasteiger partial charge in [0.05, 0.1) is 10.6 Å². The van der Waals surface area contributed by atoms with E-state index < -0.39 is 0 Å². The molecule has 0 unspecified atom stereocenters. The number of rotatable bonds is 5. The third-order valence-electron chi connectivity index (χ3n) is 3.31. The Balaban J connectivity index is 1.74. The van der Waals surface area contributed by atoms with Crippen molar-refractivity contribution in [2.75, 3.05) is 26.2 Å². The van der Waals surface area contributed by atoms with Gasteiger partial charge >= 0.3 is 0 Å². The average molecular weight is 301 g/mol. The summed E-state index contributed by atoms with van der Waals surface area (Å²) in [5.41, 5.74) is 0.479. The molecule has 5 heteroatoms. The number of nitrogens with one attached hydrogen (secondary N) is 1. The van der Waals surface area contributed by atoms with Crippen molar-refractivity contribution in [3.63, 3.8) is 0 Å². The summed E-state index contributed by atoms with van der Waals surface area (Å²) in [5.74, 6) is -0.136. The van der Waals surface area contributed by atoms with Crippen LogP contribution in [0.5, 0.6) is 0 Å². The van der Waals surface area contributed by atoms with E-state index in [4.69, 9.17) is 23.2 Å². The second-order valence-electron chi connectivity index (χ2n) is 4.78. The van der Waals surface area contributed by atoms with E-state index in [0.717, 1.165) is 13.0 Å². The van der Waals surface area contributed by atoms with Crippen LogP contribution in [0.1, 0.15) is 29.6 Å². The van der Waals surface area contributed by atoms with Crippen molar-refractivity contribution in [3.8, 4) is 0 Å². The molecule has 0 aliphatic carbocycles. The monoisotopic (exact) mass is 300 g/mol. The van der Waals surface area contributed by atoms with Gasteiger partial charge in [0.1, 0.15) is 0 Å². The van der Waals surface area contributed by atoms with E-state index in [1.54, 1.807) is 18.2 Å². The van der Waals surface area contributed by atoms with Gasteiger partial charge in [0, 0.05) is 11.6 Å². The SMILES string of the molecule is O=C(NCCCN1CCCC1)c1ccc(Cl)cc1Cl. The minimum absolute atomic E-state index is 0.136. The van der Waals surface area contributed by atoms with E-state index in [2.05, 4.69) is 10.2 Å². The summed E-state index contributed by atoms with van der Waals surface area (Å²) in [4.78, 5) is 14.4. The van der Waals surface area contributed by atoms with Crippen molar-refractivity contribution >= 4 is 29.1 Å². The first-order valence-corrected chi connectivity index (χ1v) is 7.38. The fraction of sp³-hybridized carbons (Fsp3) is 0.500. The number of nitrogens with zero attached hydrogens (tertiary/aromatic N) is 1. The predicted octanol–water partition coefficient (Wildman–Crippen LogP) is 3.21. The Morgan fingerprint density at radius 2 is 2.00 bits per heavy atom. The van der Waals surface area contributed by atoms with Gasteiger partial charge in [-0.3, -0.25) is 4.79 Å². The molecule has 1 saturated heterocycles. The van der Waals surface area contributed by atoms with Gasteiger partial charge in [0.15, 0.2) is 0 Å². The summed E-state index contributed by atoms with van der Waals surface area (Å²) in [6, 6.07) is 4.91. The Morgan fingerprint density at radius 3 is 2.68 bits per heavy atom. The molecule has 104 valence electrons. The molecule has 1 aromatic carbocycles. The fourth-order valence-electron chi connectivity index (χ4n) is 2.28. The van der Waals surface area contributed by atoms with Crippen molar-refractivity contribution in [2.24, 2.45) is 0 Å². The minimum Gasteiger partial charge on any atom is -0.352 e. The van der Waals surface area contributed by atoms with E-state index >= 15 is 0 Å². The van der Waals surface area contributed by atoms with Gasteiger partial charge in [0.2, 0.25) is 0 Å². The number of benzene rings is 1. The summed E-state index contributed by atoms with van der Waals surface area (Å²) in [6.45, 7) is 4.11. The minimum atomic E-state index is -0.136. The van der Waals surface area contributed by atoms with Crippen LogP contribution in [0.4, 0.5) is 0 Å². The zero-order chi connectivity index (χ0) is 13.7. The van der Waals surface area contributed by atoms with Crippen molar-refractivity contribution in [1.82, 2.24) is 10.2 Å². The van der Waals surface area contributed by atoms with E-state index in [9.17, 15) is 4.79 Å². The second kappa shape index (κ2) is 7.13. The molecule has 0 atom stereocenters.